The van der Waals surface area contributed by atoms with Crippen molar-refractivity contribution in [1.82, 2.24) is 20.4 Å². The average molecular weight is 529 g/mol. The van der Waals surface area contributed by atoms with Crippen LogP contribution in [0.5, 0.6) is 5.75 Å². The maximum atomic E-state index is 13.5. The molecule has 12 heteroatoms. The Labute approximate surface area is 219 Å². The third-order valence-electron chi connectivity index (χ3n) is 6.85. The zero-order valence-electron chi connectivity index (χ0n) is 20.6. The molecule has 4 rings (SSSR count). The molecule has 2 fully saturated rings. The van der Waals surface area contributed by atoms with Crippen molar-refractivity contribution in [2.45, 2.75) is 31.0 Å². The van der Waals surface area contributed by atoms with Crippen LogP contribution in [0.2, 0.25) is 0 Å². The molecule has 6 N–H and O–H groups in total. The maximum absolute atomic E-state index is 13.5. The second kappa shape index (κ2) is 11.3. The number of carboxylic acid groups (broad SMARTS) is 1. The number of carboxylic acids is 1. The summed E-state index contributed by atoms with van der Waals surface area (Å²) in [6.45, 7) is 3.31. The predicted molar refractivity (Wildman–Crippen MR) is 139 cm³/mol. The van der Waals surface area contributed by atoms with Gasteiger partial charge in [0.25, 0.3) is 0 Å². The molecule has 0 saturated carbocycles. The van der Waals surface area contributed by atoms with E-state index in [0.29, 0.717) is 35.7 Å². The Balaban J connectivity index is 1.92. The minimum atomic E-state index is -1.50. The number of rotatable bonds is 10. The van der Waals surface area contributed by atoms with E-state index in [4.69, 9.17) is 15.9 Å². The van der Waals surface area contributed by atoms with Crippen LogP contribution in [-0.2, 0) is 19.9 Å². The second-order valence-corrected chi connectivity index (χ2v) is 9.93. The molecule has 1 aromatic carbocycles. The van der Waals surface area contributed by atoms with Crippen molar-refractivity contribution >= 4 is 35.0 Å². The maximum Gasteiger partial charge on any atom is 0.329 e. The Bertz CT molecular complexity index is 1140. The van der Waals surface area contributed by atoms with Crippen molar-refractivity contribution in [3.63, 3.8) is 0 Å². The van der Waals surface area contributed by atoms with Crippen LogP contribution in [0.15, 0.2) is 41.8 Å². The number of ether oxygens (including phenoxy) is 1. The number of piperazine rings is 2. The largest absolute Gasteiger partial charge is 0.487 e. The molecule has 2 aliphatic heterocycles. The quantitative estimate of drug-likeness (QED) is 0.219. The summed E-state index contributed by atoms with van der Waals surface area (Å²) in [6, 6.07) is 8.89. The normalized spacial score (nSPS) is 19.7. The average Bonchev–Trinajstić information content (AvgIpc) is 3.43. The van der Waals surface area contributed by atoms with Crippen molar-refractivity contribution in [2.24, 2.45) is 5.73 Å². The molecule has 0 aliphatic carbocycles. The highest BCUT2D eigenvalue weighted by Gasteiger charge is 2.60. The third kappa shape index (κ3) is 5.04. The lowest BCUT2D eigenvalue weighted by Crippen LogP contribution is -2.74. The van der Waals surface area contributed by atoms with Crippen LogP contribution in [0.25, 0.3) is 0 Å². The topological polar surface area (TPSA) is 161 Å². The summed E-state index contributed by atoms with van der Waals surface area (Å²) in [7, 11) is 0. The highest BCUT2D eigenvalue weighted by molar-refractivity contribution is 7.10. The van der Waals surface area contributed by atoms with Crippen LogP contribution in [0.1, 0.15) is 23.8 Å². The van der Waals surface area contributed by atoms with E-state index < -0.39 is 23.7 Å². The number of amidine groups is 1. The van der Waals surface area contributed by atoms with Crippen molar-refractivity contribution in [3.05, 3.63) is 52.2 Å². The molecule has 2 saturated heterocycles. The first kappa shape index (κ1) is 26.6. The Morgan fingerprint density at radius 1 is 1.16 bits per heavy atom. The van der Waals surface area contributed by atoms with Crippen LogP contribution < -0.4 is 21.1 Å². The summed E-state index contributed by atoms with van der Waals surface area (Å²) in [5.41, 5.74) is 4.62. The highest BCUT2D eigenvalue weighted by Crippen LogP contribution is 2.44. The molecule has 0 bridgehead atoms. The van der Waals surface area contributed by atoms with Gasteiger partial charge < -0.3 is 36.0 Å². The van der Waals surface area contributed by atoms with Crippen molar-refractivity contribution < 1.29 is 24.2 Å². The number of hydrogen-bond acceptors (Lipinski definition) is 8. The van der Waals surface area contributed by atoms with Gasteiger partial charge in [-0.15, -0.1) is 11.3 Å². The van der Waals surface area contributed by atoms with E-state index in [1.54, 1.807) is 29.2 Å². The number of nitrogen functional groups attached to an aromatic ring is 1. The first-order chi connectivity index (χ1) is 17.8. The highest BCUT2D eigenvalue weighted by atomic mass is 32.1. The zero-order valence-corrected chi connectivity index (χ0v) is 21.4. The summed E-state index contributed by atoms with van der Waals surface area (Å²) in [6.07, 6.45) is -0.465. The number of carbonyl (C=O) groups is 3. The minimum absolute atomic E-state index is 0.0178. The molecule has 1 aromatic heterocycles. The number of nitrogens with one attached hydrogen (secondary N) is 3. The fourth-order valence-electron chi connectivity index (χ4n) is 5.24. The van der Waals surface area contributed by atoms with Gasteiger partial charge in [-0.25, -0.2) is 4.79 Å². The summed E-state index contributed by atoms with van der Waals surface area (Å²) < 4.78 is 6.51. The van der Waals surface area contributed by atoms with Crippen molar-refractivity contribution in [1.29, 1.82) is 5.41 Å². The molecule has 3 heterocycles. The molecular weight excluding hydrogens is 496 g/mol. The third-order valence-corrected chi connectivity index (χ3v) is 7.86. The monoisotopic (exact) mass is 528 g/mol. The first-order valence-electron chi connectivity index (χ1n) is 12.2. The SMILES string of the molecule is CCC(Oc1ccc(C(=N)N)cc1)C(c1cccs1)(C(C(=O)O)N1CCNCC1=O)N1CCNCC1=O. The van der Waals surface area contributed by atoms with Crippen LogP contribution in [-0.4, -0.2) is 89.9 Å². The van der Waals surface area contributed by atoms with Crippen LogP contribution in [0.3, 0.4) is 0 Å². The van der Waals surface area contributed by atoms with Gasteiger partial charge in [-0.3, -0.25) is 15.0 Å². The fourth-order valence-corrected chi connectivity index (χ4v) is 6.25. The lowest BCUT2D eigenvalue weighted by molar-refractivity contribution is -0.172. The van der Waals surface area contributed by atoms with Gasteiger partial charge in [-0.1, -0.05) is 13.0 Å². The molecule has 37 heavy (non-hydrogen) atoms. The van der Waals surface area contributed by atoms with E-state index in [0.717, 1.165) is 0 Å². The van der Waals surface area contributed by atoms with E-state index >= 15 is 0 Å². The number of aliphatic carboxylic acids is 1. The fraction of sp³-hybridized carbons (Fsp3) is 0.440. The lowest BCUT2D eigenvalue weighted by Gasteiger charge is -2.54. The lowest BCUT2D eigenvalue weighted by atomic mass is 9.77. The second-order valence-electron chi connectivity index (χ2n) is 8.98. The van der Waals surface area contributed by atoms with Crippen LogP contribution >= 0.6 is 11.3 Å². The van der Waals surface area contributed by atoms with E-state index in [2.05, 4.69) is 10.6 Å². The molecule has 0 radical (unpaired) electrons. The van der Waals surface area contributed by atoms with Crippen molar-refractivity contribution in [3.8, 4) is 5.75 Å². The smallest absolute Gasteiger partial charge is 0.329 e. The number of benzene rings is 1. The summed E-state index contributed by atoms with van der Waals surface area (Å²) in [4.78, 5) is 43.4. The van der Waals surface area contributed by atoms with Crippen LogP contribution in [0.4, 0.5) is 0 Å². The predicted octanol–water partition coefficient (Wildman–Crippen LogP) is 0.402. The van der Waals surface area contributed by atoms with Gasteiger partial charge in [-0.05, 0) is 42.1 Å². The van der Waals surface area contributed by atoms with Gasteiger partial charge >= 0.3 is 5.97 Å². The van der Waals surface area contributed by atoms with Gasteiger partial charge in [0, 0.05) is 36.6 Å². The summed E-state index contributed by atoms with van der Waals surface area (Å²) in [5, 5.41) is 26.3. The molecule has 198 valence electrons. The molecule has 11 nitrogen and oxygen atoms in total. The van der Waals surface area contributed by atoms with Crippen molar-refractivity contribution in [2.75, 3.05) is 39.3 Å². The molecule has 3 unspecified atom stereocenters. The number of hydrogen-bond donors (Lipinski definition) is 5. The first-order valence-corrected chi connectivity index (χ1v) is 13.1. The van der Waals surface area contributed by atoms with E-state index in [-0.39, 0.29) is 43.8 Å². The molecular formula is C25H32N6O5S. The number of nitrogens with two attached hydrogens (primary N) is 1. The molecule has 3 atom stereocenters. The van der Waals surface area contributed by atoms with E-state index in [1.807, 2.05) is 24.4 Å². The number of thiophene rings is 1. The van der Waals surface area contributed by atoms with Gasteiger partial charge in [0.15, 0.2) is 6.04 Å². The number of nitrogens with zero attached hydrogens (tertiary/aromatic N) is 2. The van der Waals surface area contributed by atoms with Crippen LogP contribution in [0, 0.1) is 5.41 Å². The molecule has 2 amide bonds. The molecule has 0 spiro atoms. The minimum Gasteiger partial charge on any atom is -0.487 e. The Morgan fingerprint density at radius 3 is 2.38 bits per heavy atom. The number of amides is 2. The zero-order chi connectivity index (χ0) is 26.6. The van der Waals surface area contributed by atoms with E-state index in [1.165, 1.54) is 16.2 Å². The molecule has 2 aliphatic rings. The van der Waals surface area contributed by atoms with E-state index in [9.17, 15) is 19.5 Å². The summed E-state index contributed by atoms with van der Waals surface area (Å²) in [5.74, 6) is -1.45. The van der Waals surface area contributed by atoms with Gasteiger partial charge in [-0.2, -0.15) is 0 Å². The van der Waals surface area contributed by atoms with Gasteiger partial charge in [0.2, 0.25) is 11.8 Å². The Morgan fingerprint density at radius 2 is 1.84 bits per heavy atom. The van der Waals surface area contributed by atoms with Gasteiger partial charge in [0.1, 0.15) is 23.2 Å². The molecule has 2 aromatic rings. The number of carbonyl (C=O) groups excluding carboxylic acids is 2. The standard InChI is InChI=1S/C25H32N6O5S/c1-2-18(36-17-7-5-16(6-8-17)23(26)27)25(19-4-3-13-37-19,31-12-10-29-15-21(31)33)22(24(34)35)30-11-9-28-14-20(30)32/h3-8,13,18,22,28-29H,2,9-12,14-15H2,1H3,(H3,26,27)(H,34,35). The summed E-state index contributed by atoms with van der Waals surface area (Å²) >= 11 is 1.34. The Kier molecular flexibility index (Phi) is 8.10. The Hall–Kier alpha value is -3.48. The van der Waals surface area contributed by atoms with Gasteiger partial charge in [0.05, 0.1) is 13.1 Å².